The van der Waals surface area contributed by atoms with Gasteiger partial charge in [0.05, 0.1) is 29.5 Å². The Bertz CT molecular complexity index is 1380. The van der Waals surface area contributed by atoms with Gasteiger partial charge in [-0.2, -0.15) is 0 Å². The van der Waals surface area contributed by atoms with Crippen LogP contribution in [0.25, 0.3) is 10.9 Å². The second kappa shape index (κ2) is 8.30. The summed E-state index contributed by atoms with van der Waals surface area (Å²) in [5.41, 5.74) is 3.20. The van der Waals surface area contributed by atoms with Gasteiger partial charge in [-0.25, -0.2) is 4.98 Å². The Hall–Kier alpha value is -2.77. The zero-order chi connectivity index (χ0) is 22.4. The van der Waals surface area contributed by atoms with E-state index in [2.05, 4.69) is 9.55 Å². The van der Waals surface area contributed by atoms with Crippen LogP contribution in [0.5, 0.6) is 0 Å². The molecule has 0 atom stereocenters. The Morgan fingerprint density at radius 1 is 1.25 bits per heavy atom. The summed E-state index contributed by atoms with van der Waals surface area (Å²) < 4.78 is 9.27. The molecule has 0 aliphatic heterocycles. The highest BCUT2D eigenvalue weighted by atomic mass is 35.5. The Balaban J connectivity index is 1.48. The van der Waals surface area contributed by atoms with Crippen LogP contribution in [0.15, 0.2) is 57.0 Å². The van der Waals surface area contributed by atoms with E-state index >= 15 is 0 Å². The fourth-order valence-corrected chi connectivity index (χ4v) is 5.19. The van der Waals surface area contributed by atoms with Gasteiger partial charge in [-0.3, -0.25) is 14.2 Å². The van der Waals surface area contributed by atoms with E-state index in [0.29, 0.717) is 32.9 Å². The summed E-state index contributed by atoms with van der Waals surface area (Å²) in [6, 6.07) is 11.1. The molecule has 1 aliphatic carbocycles. The third-order valence-electron chi connectivity index (χ3n) is 5.81. The number of thioether (sulfide) groups is 1. The number of fused-ring (bicyclic) bond motifs is 1. The molecule has 1 fully saturated rings. The first kappa shape index (κ1) is 21.1. The molecule has 0 unspecified atom stereocenters. The third-order valence-corrected chi connectivity index (χ3v) is 7.02. The molecule has 164 valence electrons. The van der Waals surface area contributed by atoms with Crippen molar-refractivity contribution in [2.75, 3.05) is 5.75 Å². The van der Waals surface area contributed by atoms with Crippen LogP contribution in [-0.2, 0) is 6.54 Å². The SMILES string of the molecule is Cc1cc(C(=O)CSc2nc3cc(Cl)ccc3c(=O)n2Cc2ccco2)c(C)n1C1CC1. The zero-order valence-electron chi connectivity index (χ0n) is 17.8. The van der Waals surface area contributed by atoms with Crippen LogP contribution in [0.3, 0.4) is 0 Å². The first-order valence-electron chi connectivity index (χ1n) is 10.5. The topological polar surface area (TPSA) is 70.0 Å². The van der Waals surface area contributed by atoms with Gasteiger partial charge < -0.3 is 8.98 Å². The summed E-state index contributed by atoms with van der Waals surface area (Å²) in [7, 11) is 0. The molecule has 1 aromatic carbocycles. The molecule has 8 heteroatoms. The lowest BCUT2D eigenvalue weighted by Crippen LogP contribution is -2.24. The van der Waals surface area contributed by atoms with Crippen LogP contribution in [0.2, 0.25) is 5.02 Å². The van der Waals surface area contributed by atoms with Crippen LogP contribution >= 0.6 is 23.4 Å². The van der Waals surface area contributed by atoms with E-state index in [9.17, 15) is 9.59 Å². The Morgan fingerprint density at radius 3 is 2.78 bits per heavy atom. The van der Waals surface area contributed by atoms with Gasteiger partial charge in [0.15, 0.2) is 10.9 Å². The Morgan fingerprint density at radius 2 is 2.06 bits per heavy atom. The smallest absolute Gasteiger partial charge is 0.262 e. The minimum absolute atomic E-state index is 0.0278. The maximum absolute atomic E-state index is 13.2. The fraction of sp³-hybridized carbons (Fsp3) is 0.292. The molecule has 0 spiro atoms. The summed E-state index contributed by atoms with van der Waals surface area (Å²) in [5, 5.41) is 1.45. The number of ketones is 1. The van der Waals surface area contributed by atoms with Crippen LogP contribution in [0, 0.1) is 13.8 Å². The van der Waals surface area contributed by atoms with E-state index in [1.807, 2.05) is 26.0 Å². The van der Waals surface area contributed by atoms with Crippen LogP contribution in [-0.4, -0.2) is 25.7 Å². The summed E-state index contributed by atoms with van der Waals surface area (Å²) in [6.07, 6.45) is 3.91. The van der Waals surface area contributed by atoms with E-state index in [-0.39, 0.29) is 23.6 Å². The maximum atomic E-state index is 13.2. The number of carbonyl (C=O) groups is 1. The number of Topliss-reactive ketones (excluding diaryl/α,β-unsaturated/α-hetero) is 1. The highest BCUT2D eigenvalue weighted by Gasteiger charge is 2.28. The number of rotatable bonds is 7. The maximum Gasteiger partial charge on any atom is 0.262 e. The van der Waals surface area contributed by atoms with E-state index in [0.717, 1.165) is 17.0 Å². The van der Waals surface area contributed by atoms with Crippen LogP contribution in [0.4, 0.5) is 0 Å². The number of hydrogen-bond donors (Lipinski definition) is 0. The highest BCUT2D eigenvalue weighted by Crippen LogP contribution is 2.38. The van der Waals surface area contributed by atoms with Crippen molar-refractivity contribution in [3.63, 3.8) is 0 Å². The van der Waals surface area contributed by atoms with E-state index in [4.69, 9.17) is 16.0 Å². The monoisotopic (exact) mass is 467 g/mol. The first-order valence-corrected chi connectivity index (χ1v) is 11.9. The molecule has 5 rings (SSSR count). The summed E-state index contributed by atoms with van der Waals surface area (Å²) in [6.45, 7) is 4.29. The number of aromatic nitrogens is 3. The fourth-order valence-electron chi connectivity index (χ4n) is 4.14. The van der Waals surface area contributed by atoms with Crippen LogP contribution in [0.1, 0.15) is 46.4 Å². The predicted octanol–water partition coefficient (Wildman–Crippen LogP) is 5.42. The Kier molecular flexibility index (Phi) is 5.47. The number of hydrogen-bond acceptors (Lipinski definition) is 5. The molecular weight excluding hydrogens is 446 g/mol. The largest absolute Gasteiger partial charge is 0.467 e. The lowest BCUT2D eigenvalue weighted by Gasteiger charge is -2.12. The van der Waals surface area contributed by atoms with Gasteiger partial charge in [0.2, 0.25) is 0 Å². The van der Waals surface area contributed by atoms with Crippen molar-refractivity contribution in [1.82, 2.24) is 14.1 Å². The minimum atomic E-state index is -0.190. The van der Waals surface area contributed by atoms with Crippen LogP contribution < -0.4 is 5.56 Å². The molecule has 6 nitrogen and oxygen atoms in total. The number of aryl methyl sites for hydroxylation is 1. The highest BCUT2D eigenvalue weighted by molar-refractivity contribution is 7.99. The zero-order valence-corrected chi connectivity index (χ0v) is 19.4. The van der Waals surface area contributed by atoms with Crippen molar-refractivity contribution in [2.24, 2.45) is 0 Å². The summed E-state index contributed by atoms with van der Waals surface area (Å²) >= 11 is 7.39. The summed E-state index contributed by atoms with van der Waals surface area (Å²) in [4.78, 5) is 31.0. The molecule has 32 heavy (non-hydrogen) atoms. The number of furan rings is 1. The second-order valence-corrected chi connectivity index (χ2v) is 9.50. The van der Waals surface area contributed by atoms with Crippen molar-refractivity contribution in [2.45, 2.75) is 44.4 Å². The van der Waals surface area contributed by atoms with Gasteiger partial charge >= 0.3 is 0 Å². The molecule has 4 aromatic rings. The van der Waals surface area contributed by atoms with Crippen molar-refractivity contribution in [3.8, 4) is 0 Å². The second-order valence-electron chi connectivity index (χ2n) is 8.12. The standard InChI is InChI=1S/C24H22ClN3O3S/c1-14-10-20(15(2)28(14)17-6-7-17)22(29)13-32-24-26-21-11-16(25)5-8-19(21)23(30)27(24)12-18-4-3-9-31-18/h3-5,8-11,17H,6-7,12-13H2,1-2H3. The van der Waals surface area contributed by atoms with Crippen molar-refractivity contribution in [1.29, 1.82) is 0 Å². The molecule has 0 radical (unpaired) electrons. The van der Waals surface area contributed by atoms with Gasteiger partial charge in [-0.15, -0.1) is 0 Å². The lowest BCUT2D eigenvalue weighted by molar-refractivity contribution is 0.102. The predicted molar refractivity (Wildman–Crippen MR) is 126 cm³/mol. The van der Waals surface area contributed by atoms with Crippen molar-refractivity contribution < 1.29 is 9.21 Å². The molecule has 0 amide bonds. The number of halogens is 1. The average molecular weight is 468 g/mol. The molecule has 0 bridgehead atoms. The van der Waals surface area contributed by atoms with Gasteiger partial charge in [0.1, 0.15) is 5.76 Å². The third kappa shape index (κ3) is 3.91. The normalized spacial score (nSPS) is 13.7. The number of benzene rings is 1. The quantitative estimate of drug-likeness (QED) is 0.206. The lowest BCUT2D eigenvalue weighted by atomic mass is 10.2. The van der Waals surface area contributed by atoms with E-state index < -0.39 is 0 Å². The van der Waals surface area contributed by atoms with E-state index in [1.54, 1.807) is 35.1 Å². The minimum Gasteiger partial charge on any atom is -0.467 e. The number of carbonyl (C=O) groups excluding carboxylic acids is 1. The van der Waals surface area contributed by atoms with Crippen molar-refractivity contribution >= 4 is 40.0 Å². The van der Waals surface area contributed by atoms with Gasteiger partial charge in [0, 0.05) is 28.0 Å². The average Bonchev–Trinajstić information content (AvgIpc) is 3.36. The van der Waals surface area contributed by atoms with E-state index in [1.165, 1.54) is 24.6 Å². The van der Waals surface area contributed by atoms with Gasteiger partial charge in [0.25, 0.3) is 5.56 Å². The molecule has 0 N–H and O–H groups in total. The molecule has 3 heterocycles. The molecule has 3 aromatic heterocycles. The summed E-state index contributed by atoms with van der Waals surface area (Å²) in [5.74, 6) is 0.856. The van der Waals surface area contributed by atoms with Gasteiger partial charge in [-0.1, -0.05) is 23.4 Å². The van der Waals surface area contributed by atoms with Gasteiger partial charge in [-0.05, 0) is 63.1 Å². The molecular formula is C24H22ClN3O3S. The van der Waals surface area contributed by atoms with Crippen molar-refractivity contribution in [3.05, 3.63) is 80.7 Å². The Labute approximate surface area is 194 Å². The molecule has 0 saturated heterocycles. The molecule has 1 aliphatic rings. The number of nitrogens with zero attached hydrogens (tertiary/aromatic N) is 3. The molecule has 1 saturated carbocycles. The first-order chi connectivity index (χ1) is 15.4.